The average molecular weight is 405 g/mol. The van der Waals surface area contributed by atoms with Crippen molar-refractivity contribution in [2.24, 2.45) is 5.92 Å². The van der Waals surface area contributed by atoms with Gasteiger partial charge in [0.2, 0.25) is 15.9 Å². The van der Waals surface area contributed by atoms with Gasteiger partial charge in [0.25, 0.3) is 0 Å². The van der Waals surface area contributed by atoms with E-state index in [4.69, 9.17) is 16.3 Å². The Kier molecular flexibility index (Phi) is 6.17. The molecule has 3 rings (SSSR count). The van der Waals surface area contributed by atoms with Crippen LogP contribution in [0.5, 0.6) is 0 Å². The molecule has 1 N–H and O–H groups in total. The molecule has 0 bridgehead atoms. The van der Waals surface area contributed by atoms with Crippen LogP contribution in [0, 0.1) is 11.7 Å². The molecule has 2 heterocycles. The zero-order chi connectivity index (χ0) is 18.7. The Morgan fingerprint density at radius 2 is 2.00 bits per heavy atom. The summed E-state index contributed by atoms with van der Waals surface area (Å²) in [6.45, 7) is 1.76. The summed E-state index contributed by atoms with van der Waals surface area (Å²) < 4.78 is 45.3. The lowest BCUT2D eigenvalue weighted by molar-refractivity contribution is -0.127. The van der Waals surface area contributed by atoms with Crippen LogP contribution in [0.25, 0.3) is 0 Å². The van der Waals surface area contributed by atoms with E-state index in [1.165, 1.54) is 10.4 Å². The van der Waals surface area contributed by atoms with Crippen molar-refractivity contribution in [2.75, 3.05) is 26.3 Å². The van der Waals surface area contributed by atoms with Gasteiger partial charge in [-0.15, -0.1) is 0 Å². The predicted molar refractivity (Wildman–Crippen MR) is 94.9 cm³/mol. The summed E-state index contributed by atoms with van der Waals surface area (Å²) in [6.07, 6.45) is 2.74. The molecule has 1 amide bonds. The lowest BCUT2D eigenvalue weighted by Crippen LogP contribution is -2.47. The third kappa shape index (κ3) is 4.36. The fourth-order valence-corrected chi connectivity index (χ4v) is 5.06. The molecule has 9 heteroatoms. The fourth-order valence-electron chi connectivity index (χ4n) is 3.32. The van der Waals surface area contributed by atoms with Crippen LogP contribution in [0.2, 0.25) is 5.02 Å². The number of ether oxygens (including phenoxy) is 1. The van der Waals surface area contributed by atoms with Crippen LogP contribution in [-0.4, -0.2) is 51.0 Å². The van der Waals surface area contributed by atoms with Crippen molar-refractivity contribution in [1.29, 1.82) is 0 Å². The number of hydrogen-bond donors (Lipinski definition) is 1. The summed E-state index contributed by atoms with van der Waals surface area (Å²) in [6, 6.07) is 3.41. The van der Waals surface area contributed by atoms with E-state index in [1.54, 1.807) is 0 Å². The molecule has 1 unspecified atom stereocenters. The lowest BCUT2D eigenvalue weighted by Gasteiger charge is -2.32. The Bertz CT molecular complexity index is 760. The highest BCUT2D eigenvalue weighted by Crippen LogP contribution is 2.26. The molecular formula is C17H22ClFN2O4S. The molecule has 1 aromatic rings. The number of benzene rings is 1. The second-order valence-corrected chi connectivity index (χ2v) is 9.02. The first-order chi connectivity index (χ1) is 12.4. The first kappa shape index (κ1) is 19.5. The molecule has 0 saturated carbocycles. The zero-order valence-electron chi connectivity index (χ0n) is 14.3. The van der Waals surface area contributed by atoms with Crippen molar-refractivity contribution in [3.05, 3.63) is 29.0 Å². The number of rotatable bonds is 4. The van der Waals surface area contributed by atoms with Crippen molar-refractivity contribution in [2.45, 2.75) is 36.6 Å². The lowest BCUT2D eigenvalue weighted by atomic mass is 9.96. The van der Waals surface area contributed by atoms with Gasteiger partial charge in [-0.2, -0.15) is 4.31 Å². The van der Waals surface area contributed by atoms with E-state index >= 15 is 0 Å². The molecule has 2 aliphatic rings. The van der Waals surface area contributed by atoms with Gasteiger partial charge in [-0.3, -0.25) is 4.79 Å². The standard InChI is InChI=1S/C17H22ClFN2O4S/c18-15-10-14(3-4-16(15)19)26(23,24)21-7-5-12(6-8-21)17(22)20-13-2-1-9-25-11-13/h3-4,10,12-13H,1-2,5-9,11H2,(H,20,22). The number of amides is 1. The van der Waals surface area contributed by atoms with Crippen molar-refractivity contribution in [3.8, 4) is 0 Å². The first-order valence-corrected chi connectivity index (χ1v) is 10.5. The molecule has 2 fully saturated rings. The van der Waals surface area contributed by atoms with Crippen LogP contribution in [0.15, 0.2) is 23.1 Å². The van der Waals surface area contributed by atoms with Gasteiger partial charge in [0.1, 0.15) is 5.82 Å². The maximum atomic E-state index is 13.3. The smallest absolute Gasteiger partial charge is 0.243 e. The molecule has 0 aromatic heterocycles. The Hall–Kier alpha value is -1.22. The van der Waals surface area contributed by atoms with Gasteiger partial charge in [-0.25, -0.2) is 12.8 Å². The van der Waals surface area contributed by atoms with Crippen LogP contribution in [0.1, 0.15) is 25.7 Å². The number of nitrogens with zero attached hydrogens (tertiary/aromatic N) is 1. The SMILES string of the molecule is O=C(NC1CCCOC1)C1CCN(S(=O)(=O)c2ccc(F)c(Cl)c2)CC1. The molecular weight excluding hydrogens is 383 g/mol. The quantitative estimate of drug-likeness (QED) is 0.834. The minimum absolute atomic E-state index is 0.0360. The molecule has 144 valence electrons. The number of halogens is 2. The van der Waals surface area contributed by atoms with E-state index in [-0.39, 0.29) is 40.9 Å². The second kappa shape index (κ2) is 8.21. The highest BCUT2D eigenvalue weighted by atomic mass is 35.5. The number of nitrogens with one attached hydrogen (secondary N) is 1. The molecule has 6 nitrogen and oxygen atoms in total. The monoisotopic (exact) mass is 404 g/mol. The van der Waals surface area contributed by atoms with Gasteiger partial charge in [-0.05, 0) is 43.9 Å². The Labute approximate surface area is 157 Å². The Morgan fingerprint density at radius 3 is 2.62 bits per heavy atom. The average Bonchev–Trinajstić information content (AvgIpc) is 2.65. The normalized spacial score (nSPS) is 22.9. The van der Waals surface area contributed by atoms with Crippen LogP contribution < -0.4 is 5.32 Å². The van der Waals surface area contributed by atoms with E-state index in [0.29, 0.717) is 19.4 Å². The second-order valence-electron chi connectivity index (χ2n) is 6.68. The minimum atomic E-state index is -3.75. The first-order valence-electron chi connectivity index (χ1n) is 8.71. The van der Waals surface area contributed by atoms with Crippen LogP contribution >= 0.6 is 11.6 Å². The molecule has 26 heavy (non-hydrogen) atoms. The van der Waals surface area contributed by atoms with Crippen molar-refractivity contribution >= 4 is 27.5 Å². The molecule has 2 aliphatic heterocycles. The molecule has 2 saturated heterocycles. The number of piperidine rings is 1. The predicted octanol–water partition coefficient (Wildman–Crippen LogP) is 2.17. The van der Waals surface area contributed by atoms with Gasteiger partial charge in [-0.1, -0.05) is 11.6 Å². The number of carbonyl (C=O) groups is 1. The highest BCUT2D eigenvalue weighted by molar-refractivity contribution is 7.89. The highest BCUT2D eigenvalue weighted by Gasteiger charge is 2.33. The zero-order valence-corrected chi connectivity index (χ0v) is 15.9. The van der Waals surface area contributed by atoms with E-state index < -0.39 is 15.8 Å². The van der Waals surface area contributed by atoms with Crippen molar-refractivity contribution < 1.29 is 22.3 Å². The summed E-state index contributed by atoms with van der Waals surface area (Å²) >= 11 is 5.70. The van der Waals surface area contributed by atoms with Crippen molar-refractivity contribution in [1.82, 2.24) is 9.62 Å². The third-order valence-electron chi connectivity index (χ3n) is 4.86. The third-order valence-corrected chi connectivity index (χ3v) is 7.04. The van der Waals surface area contributed by atoms with Gasteiger partial charge in [0, 0.05) is 25.6 Å². The summed E-state index contributed by atoms with van der Waals surface area (Å²) in [5.74, 6) is -0.907. The largest absolute Gasteiger partial charge is 0.379 e. The molecule has 1 atom stereocenters. The van der Waals surface area contributed by atoms with Crippen molar-refractivity contribution in [3.63, 3.8) is 0 Å². The molecule has 0 radical (unpaired) electrons. The van der Waals surface area contributed by atoms with E-state index in [2.05, 4.69) is 5.32 Å². The van der Waals surface area contributed by atoms with E-state index in [0.717, 1.165) is 31.6 Å². The van der Waals surface area contributed by atoms with E-state index in [1.807, 2.05) is 0 Å². The molecule has 0 aliphatic carbocycles. The summed E-state index contributed by atoms with van der Waals surface area (Å²) in [5.41, 5.74) is 0. The maximum Gasteiger partial charge on any atom is 0.243 e. The number of sulfonamides is 1. The van der Waals surface area contributed by atoms with Crippen LogP contribution in [-0.2, 0) is 19.6 Å². The maximum absolute atomic E-state index is 13.3. The molecule has 0 spiro atoms. The molecule has 1 aromatic carbocycles. The summed E-state index contributed by atoms with van der Waals surface area (Å²) in [4.78, 5) is 12.3. The van der Waals surface area contributed by atoms with Gasteiger partial charge in [0.15, 0.2) is 0 Å². The van der Waals surface area contributed by atoms with Crippen LogP contribution in [0.3, 0.4) is 0 Å². The minimum Gasteiger partial charge on any atom is -0.379 e. The van der Waals surface area contributed by atoms with Gasteiger partial charge in [0.05, 0.1) is 22.6 Å². The van der Waals surface area contributed by atoms with E-state index in [9.17, 15) is 17.6 Å². The summed E-state index contributed by atoms with van der Waals surface area (Å²) in [5, 5.41) is 2.77. The Morgan fingerprint density at radius 1 is 1.27 bits per heavy atom. The van der Waals surface area contributed by atoms with Gasteiger partial charge >= 0.3 is 0 Å². The van der Waals surface area contributed by atoms with Crippen LogP contribution in [0.4, 0.5) is 4.39 Å². The fraction of sp³-hybridized carbons (Fsp3) is 0.588. The number of carbonyl (C=O) groups excluding carboxylic acids is 1. The summed E-state index contributed by atoms with van der Waals surface area (Å²) in [7, 11) is -3.75. The Balaban J connectivity index is 1.58. The number of hydrogen-bond acceptors (Lipinski definition) is 4. The topological polar surface area (TPSA) is 75.7 Å². The van der Waals surface area contributed by atoms with Gasteiger partial charge < -0.3 is 10.1 Å².